The van der Waals surface area contributed by atoms with E-state index in [2.05, 4.69) is 53.2 Å². The number of rotatable bonds is 4. The summed E-state index contributed by atoms with van der Waals surface area (Å²) in [6.07, 6.45) is 3.36. The van der Waals surface area contributed by atoms with Crippen molar-refractivity contribution in [3.63, 3.8) is 0 Å². The highest BCUT2D eigenvalue weighted by Gasteiger charge is 2.38. The third-order valence-corrected chi connectivity index (χ3v) is 6.95. The van der Waals surface area contributed by atoms with E-state index in [-0.39, 0.29) is 28.6 Å². The van der Waals surface area contributed by atoms with E-state index in [9.17, 15) is 24.2 Å². The predicted octanol–water partition coefficient (Wildman–Crippen LogP) is 5.42. The largest absolute Gasteiger partial charge is 0.465 e. The molecule has 3 heterocycles. The van der Waals surface area contributed by atoms with Gasteiger partial charge < -0.3 is 25.7 Å². The summed E-state index contributed by atoms with van der Waals surface area (Å²) >= 11 is 0. The number of halogens is 1. The summed E-state index contributed by atoms with van der Waals surface area (Å²) in [7, 11) is 0. The van der Waals surface area contributed by atoms with Crippen LogP contribution in [0.3, 0.4) is 0 Å². The van der Waals surface area contributed by atoms with Gasteiger partial charge in [0.25, 0.3) is 0 Å². The monoisotopic (exact) mass is 545 g/mol. The number of piperidine rings is 1. The van der Waals surface area contributed by atoms with E-state index in [1.807, 2.05) is 24.3 Å². The Labute approximate surface area is 232 Å². The van der Waals surface area contributed by atoms with Crippen LogP contribution < -0.4 is 10.6 Å². The number of urea groups is 1. The maximum absolute atomic E-state index is 13.4. The predicted molar refractivity (Wildman–Crippen MR) is 149 cm³/mol. The minimum Gasteiger partial charge on any atom is -0.465 e. The van der Waals surface area contributed by atoms with Crippen LogP contribution in [0, 0.1) is 23.2 Å². The van der Waals surface area contributed by atoms with Crippen LogP contribution in [-0.4, -0.2) is 49.8 Å². The highest BCUT2D eigenvalue weighted by Crippen LogP contribution is 2.39. The zero-order valence-electron chi connectivity index (χ0n) is 22.6. The van der Waals surface area contributed by atoms with Gasteiger partial charge >= 0.3 is 12.1 Å². The van der Waals surface area contributed by atoms with Crippen LogP contribution >= 0.6 is 0 Å². The van der Waals surface area contributed by atoms with Gasteiger partial charge in [-0.15, -0.1) is 0 Å². The zero-order valence-corrected chi connectivity index (χ0v) is 22.6. The van der Waals surface area contributed by atoms with Crippen LogP contribution in [0.5, 0.6) is 0 Å². The van der Waals surface area contributed by atoms with Crippen LogP contribution in [0.2, 0.25) is 0 Å². The van der Waals surface area contributed by atoms with Gasteiger partial charge in [-0.2, -0.15) is 4.39 Å². The average Bonchev–Trinajstić information content (AvgIpc) is 2.91. The number of aliphatic hydroxyl groups is 1. The number of nitrogens with one attached hydrogen (secondary N) is 2. The number of hydrogen-bond acceptors (Lipinski definition) is 5. The first-order chi connectivity index (χ1) is 19.0. The maximum Gasteiger partial charge on any atom is 0.407 e. The number of benzene rings is 1. The lowest BCUT2D eigenvalue weighted by atomic mass is 9.75. The van der Waals surface area contributed by atoms with Crippen molar-refractivity contribution in [2.75, 3.05) is 17.2 Å². The average molecular weight is 546 g/mol. The normalized spacial score (nSPS) is 17.0. The fourth-order valence-electron chi connectivity index (χ4n) is 4.85. The van der Waals surface area contributed by atoms with E-state index < -0.39 is 24.7 Å². The molecule has 2 aromatic heterocycles. The fraction of sp³-hybridized carbons (Fsp3) is 0.333. The highest BCUT2D eigenvalue weighted by molar-refractivity contribution is 6.00. The third kappa shape index (κ3) is 7.12. The first-order valence-electron chi connectivity index (χ1n) is 12.9. The van der Waals surface area contributed by atoms with Gasteiger partial charge in [0.1, 0.15) is 5.69 Å². The molecule has 3 amide bonds. The van der Waals surface area contributed by atoms with Gasteiger partial charge in [-0.3, -0.25) is 0 Å². The van der Waals surface area contributed by atoms with Gasteiger partial charge in [0.2, 0.25) is 5.95 Å². The van der Waals surface area contributed by atoms with Crippen molar-refractivity contribution < 1.29 is 24.2 Å². The highest BCUT2D eigenvalue weighted by atomic mass is 19.1. The van der Waals surface area contributed by atoms with Crippen molar-refractivity contribution in [2.24, 2.45) is 5.41 Å². The number of hydrogen-bond donors (Lipinski definition) is 4. The Morgan fingerprint density at radius 3 is 2.52 bits per heavy atom. The molecule has 9 nitrogen and oxygen atoms in total. The standard InChI is InChI=1S/C30H32FN5O4/c1-30(2,3)26-14-21(11-13-36(26)29(39)40)20-7-4-19(5-8-20)6-9-23-15-24(10-12-32-23)34-28(38)35-25-16-27(31)33-17-22(25)18-37/h4-5,7-8,10,12,15-17,21,26,37H,11,13-14,18H2,1-3H3,(H,39,40)(H2,32,33,34,35,38). The minimum atomic E-state index is -0.863. The van der Waals surface area contributed by atoms with Crippen molar-refractivity contribution in [1.29, 1.82) is 0 Å². The summed E-state index contributed by atoms with van der Waals surface area (Å²) in [5, 5.41) is 24.1. The quantitative estimate of drug-likeness (QED) is 0.256. The van der Waals surface area contributed by atoms with Crippen molar-refractivity contribution in [2.45, 2.75) is 52.2 Å². The van der Waals surface area contributed by atoms with Crippen LogP contribution in [0.25, 0.3) is 0 Å². The molecule has 0 bridgehead atoms. The summed E-state index contributed by atoms with van der Waals surface area (Å²) in [6, 6.07) is 11.5. The summed E-state index contributed by atoms with van der Waals surface area (Å²) < 4.78 is 13.4. The van der Waals surface area contributed by atoms with E-state index in [1.165, 1.54) is 11.8 Å². The molecule has 2 unspecified atom stereocenters. The van der Waals surface area contributed by atoms with Gasteiger partial charge in [0.15, 0.2) is 0 Å². The van der Waals surface area contributed by atoms with Crippen LogP contribution in [0.4, 0.5) is 25.4 Å². The summed E-state index contributed by atoms with van der Waals surface area (Å²) in [5.74, 6) is 5.58. The summed E-state index contributed by atoms with van der Waals surface area (Å²) in [4.78, 5) is 33.4. The molecule has 1 aliphatic rings. The lowest BCUT2D eigenvalue weighted by molar-refractivity contribution is 0.0526. The van der Waals surface area contributed by atoms with E-state index in [1.54, 1.807) is 17.0 Å². The van der Waals surface area contributed by atoms with Gasteiger partial charge in [-0.1, -0.05) is 38.8 Å². The topological polar surface area (TPSA) is 128 Å². The van der Waals surface area contributed by atoms with Crippen molar-refractivity contribution >= 4 is 23.5 Å². The Morgan fingerprint density at radius 2 is 1.85 bits per heavy atom. The Balaban J connectivity index is 1.40. The van der Waals surface area contributed by atoms with E-state index in [0.717, 1.165) is 30.7 Å². The second kappa shape index (κ2) is 12.1. The lowest BCUT2D eigenvalue weighted by Crippen LogP contribution is -2.51. The van der Waals surface area contributed by atoms with Crippen LogP contribution in [-0.2, 0) is 6.61 Å². The van der Waals surface area contributed by atoms with Crippen LogP contribution in [0.15, 0.2) is 54.9 Å². The van der Waals surface area contributed by atoms with Gasteiger partial charge in [0, 0.05) is 47.9 Å². The number of carbonyl (C=O) groups excluding carboxylic acids is 1. The van der Waals surface area contributed by atoms with Gasteiger partial charge in [0.05, 0.1) is 12.3 Å². The molecule has 1 saturated heterocycles. The molecule has 0 radical (unpaired) electrons. The molecular weight excluding hydrogens is 513 g/mol. The lowest BCUT2D eigenvalue weighted by Gasteiger charge is -2.44. The number of aliphatic hydroxyl groups excluding tert-OH is 1. The summed E-state index contributed by atoms with van der Waals surface area (Å²) in [6.45, 7) is 6.35. The molecule has 40 heavy (non-hydrogen) atoms. The first kappa shape index (κ1) is 28.5. The Kier molecular flexibility index (Phi) is 8.65. The molecule has 4 rings (SSSR count). The zero-order chi connectivity index (χ0) is 28.9. The molecule has 1 aliphatic heterocycles. The van der Waals surface area contributed by atoms with Crippen LogP contribution in [0.1, 0.15) is 61.9 Å². The first-order valence-corrected chi connectivity index (χ1v) is 12.9. The Morgan fingerprint density at radius 1 is 1.10 bits per heavy atom. The van der Waals surface area contributed by atoms with Gasteiger partial charge in [-0.25, -0.2) is 19.6 Å². The molecule has 1 aromatic carbocycles. The molecule has 0 spiro atoms. The number of pyridine rings is 2. The molecule has 0 saturated carbocycles. The van der Waals surface area contributed by atoms with Crippen molar-refractivity contribution in [1.82, 2.24) is 14.9 Å². The van der Waals surface area contributed by atoms with Crippen molar-refractivity contribution in [3.05, 3.63) is 83.2 Å². The number of amides is 3. The molecule has 0 aliphatic carbocycles. The van der Waals surface area contributed by atoms with E-state index >= 15 is 0 Å². The SMILES string of the molecule is CC(C)(C)C1CC(c2ccc(C#Cc3cc(NC(=O)Nc4cc(F)ncc4CO)ccn3)cc2)CCN1C(=O)O. The number of nitrogens with zero attached hydrogens (tertiary/aromatic N) is 3. The smallest absolute Gasteiger partial charge is 0.407 e. The molecule has 2 atom stereocenters. The number of carboxylic acid groups (broad SMARTS) is 1. The van der Waals surface area contributed by atoms with E-state index in [4.69, 9.17) is 0 Å². The Bertz CT molecular complexity index is 1440. The molecule has 1 fully saturated rings. The third-order valence-electron chi connectivity index (χ3n) is 6.95. The fourth-order valence-corrected chi connectivity index (χ4v) is 4.85. The molecule has 10 heteroatoms. The molecule has 208 valence electrons. The number of carbonyl (C=O) groups is 2. The maximum atomic E-state index is 13.4. The van der Waals surface area contributed by atoms with Crippen molar-refractivity contribution in [3.8, 4) is 11.8 Å². The van der Waals surface area contributed by atoms with Gasteiger partial charge in [-0.05, 0) is 59.9 Å². The second-order valence-electron chi connectivity index (χ2n) is 10.8. The molecular formula is C30H32FN5O4. The molecule has 3 aromatic rings. The second-order valence-corrected chi connectivity index (χ2v) is 10.8. The minimum absolute atomic E-state index is 0.0557. The number of aromatic nitrogens is 2. The number of likely N-dealkylation sites (tertiary alicyclic amines) is 1. The van der Waals surface area contributed by atoms with E-state index in [0.29, 0.717) is 17.9 Å². The summed E-state index contributed by atoms with van der Waals surface area (Å²) in [5.41, 5.74) is 3.09. The Hall–Kier alpha value is -4.49. The molecule has 4 N–H and O–H groups in total. The number of anilines is 2.